The molecule has 7 nitrogen and oxygen atoms in total. The molecule has 0 unspecified atom stereocenters. The van der Waals surface area contributed by atoms with Crippen molar-refractivity contribution >= 4 is 24.2 Å². The van der Waals surface area contributed by atoms with E-state index in [4.69, 9.17) is 9.79 Å². The van der Waals surface area contributed by atoms with Crippen LogP contribution in [0, 0.1) is 0 Å². The van der Waals surface area contributed by atoms with Gasteiger partial charge < -0.3 is 14.8 Å². The first-order chi connectivity index (χ1) is 7.52. The van der Waals surface area contributed by atoms with E-state index in [1.54, 1.807) is 6.08 Å². The fourth-order valence-corrected chi connectivity index (χ4v) is 1.97. The lowest BCUT2D eigenvalue weighted by Crippen LogP contribution is -2.11. The van der Waals surface area contributed by atoms with Gasteiger partial charge in [0, 0.05) is 6.42 Å². The summed E-state index contributed by atoms with van der Waals surface area (Å²) in [7, 11) is -4.42. The van der Waals surface area contributed by atoms with Crippen LogP contribution in [-0.2, 0) is 11.0 Å². The van der Waals surface area contributed by atoms with Crippen LogP contribution >= 0.6 is 7.60 Å². The first-order valence-electron chi connectivity index (χ1n) is 4.39. The zero-order chi connectivity index (χ0) is 11.8. The fraction of sp³-hybridized carbons (Fsp3) is 0.125. The molecular weight excluding hydrogens is 231 g/mol. The molecule has 2 heterocycles. The number of aromatic amines is 1. The van der Waals surface area contributed by atoms with Crippen molar-refractivity contribution in [2.45, 2.75) is 6.42 Å². The Morgan fingerprint density at radius 2 is 2.25 bits per heavy atom. The third kappa shape index (κ3) is 1.88. The monoisotopic (exact) mass is 240 g/mol. The van der Waals surface area contributed by atoms with E-state index < -0.39 is 7.60 Å². The molecule has 2 aromatic heterocycles. The van der Waals surface area contributed by atoms with Crippen molar-refractivity contribution in [2.24, 2.45) is 0 Å². The van der Waals surface area contributed by atoms with E-state index in [1.807, 2.05) is 0 Å². The standard InChI is InChI=1S/C8H9N4O3P/c1-2-3-5-11-6-7(12-5)9-4-10-8(6)16(13,14)15/h2,4H,1,3H2,(H2,13,14,15)(H,9,10,11,12). The maximum atomic E-state index is 11.2. The maximum Gasteiger partial charge on any atom is 0.376 e. The third-order valence-corrected chi connectivity index (χ3v) is 2.82. The molecule has 0 saturated carbocycles. The van der Waals surface area contributed by atoms with Gasteiger partial charge in [-0.05, 0) is 0 Å². The van der Waals surface area contributed by atoms with Gasteiger partial charge in [-0.25, -0.2) is 15.0 Å². The number of H-pyrrole nitrogens is 1. The van der Waals surface area contributed by atoms with Crippen LogP contribution in [0.25, 0.3) is 11.2 Å². The predicted octanol–water partition coefficient (Wildman–Crippen LogP) is -0.116. The summed E-state index contributed by atoms with van der Waals surface area (Å²) in [4.78, 5) is 32.4. The second kappa shape index (κ2) is 3.79. The van der Waals surface area contributed by atoms with E-state index in [0.29, 0.717) is 12.2 Å². The SMILES string of the molecule is C=CCc1nc2ncnc(P(=O)(O)O)c2[nH]1. The average Bonchev–Trinajstić information content (AvgIpc) is 2.58. The summed E-state index contributed by atoms with van der Waals surface area (Å²) in [6.07, 6.45) is 3.18. The number of hydrogen-bond donors (Lipinski definition) is 3. The van der Waals surface area contributed by atoms with Crippen LogP contribution < -0.4 is 5.44 Å². The third-order valence-electron chi connectivity index (χ3n) is 1.93. The molecule has 84 valence electrons. The van der Waals surface area contributed by atoms with Crippen molar-refractivity contribution < 1.29 is 14.4 Å². The van der Waals surface area contributed by atoms with Crippen molar-refractivity contribution in [3.8, 4) is 0 Å². The van der Waals surface area contributed by atoms with Gasteiger partial charge in [-0.15, -0.1) is 6.58 Å². The highest BCUT2D eigenvalue weighted by molar-refractivity contribution is 7.60. The summed E-state index contributed by atoms with van der Waals surface area (Å²) in [6.45, 7) is 3.55. The molecule has 16 heavy (non-hydrogen) atoms. The molecule has 0 fully saturated rings. The molecule has 0 radical (unpaired) electrons. The van der Waals surface area contributed by atoms with Crippen LogP contribution in [0.15, 0.2) is 19.0 Å². The number of nitrogens with zero attached hydrogens (tertiary/aromatic N) is 3. The zero-order valence-corrected chi connectivity index (χ0v) is 9.05. The van der Waals surface area contributed by atoms with Crippen molar-refractivity contribution in [2.75, 3.05) is 0 Å². The Balaban J connectivity index is 2.68. The Hall–Kier alpha value is -1.56. The Bertz CT molecular complexity index is 588. The summed E-state index contributed by atoms with van der Waals surface area (Å²) < 4.78 is 11.2. The van der Waals surface area contributed by atoms with Gasteiger partial charge in [0.2, 0.25) is 0 Å². The van der Waals surface area contributed by atoms with Gasteiger partial charge in [-0.3, -0.25) is 4.57 Å². The zero-order valence-electron chi connectivity index (χ0n) is 8.16. The van der Waals surface area contributed by atoms with Crippen LogP contribution in [0.2, 0.25) is 0 Å². The van der Waals surface area contributed by atoms with E-state index in [2.05, 4.69) is 26.5 Å². The number of aromatic nitrogens is 4. The summed E-state index contributed by atoms with van der Waals surface area (Å²) in [5.74, 6) is 0.542. The minimum Gasteiger partial charge on any atom is -0.338 e. The highest BCUT2D eigenvalue weighted by Gasteiger charge is 2.24. The number of allylic oxidation sites excluding steroid dienone is 1. The molecule has 0 spiro atoms. The molecule has 0 aliphatic heterocycles. The van der Waals surface area contributed by atoms with Gasteiger partial charge in [-0.2, -0.15) is 0 Å². The number of hydrogen-bond acceptors (Lipinski definition) is 4. The maximum absolute atomic E-state index is 11.2. The fourth-order valence-electron chi connectivity index (χ4n) is 1.32. The Kier molecular flexibility index (Phi) is 2.59. The molecule has 2 aromatic rings. The van der Waals surface area contributed by atoms with Gasteiger partial charge in [0.25, 0.3) is 0 Å². The first kappa shape index (κ1) is 10.9. The van der Waals surface area contributed by atoms with E-state index in [-0.39, 0.29) is 16.6 Å². The quantitative estimate of drug-likeness (QED) is 0.509. The van der Waals surface area contributed by atoms with Gasteiger partial charge >= 0.3 is 7.60 Å². The average molecular weight is 240 g/mol. The molecule has 0 aliphatic rings. The second-order valence-electron chi connectivity index (χ2n) is 3.12. The second-order valence-corrected chi connectivity index (χ2v) is 4.63. The molecule has 0 aliphatic carbocycles. The van der Waals surface area contributed by atoms with Gasteiger partial charge in [0.1, 0.15) is 17.7 Å². The molecule has 0 bridgehead atoms. The predicted molar refractivity (Wildman–Crippen MR) is 57.3 cm³/mol. The smallest absolute Gasteiger partial charge is 0.338 e. The number of rotatable bonds is 3. The van der Waals surface area contributed by atoms with Crippen molar-refractivity contribution in [1.29, 1.82) is 0 Å². The summed E-state index contributed by atoms with van der Waals surface area (Å²) in [6, 6.07) is 0. The van der Waals surface area contributed by atoms with Crippen molar-refractivity contribution in [3.05, 3.63) is 24.8 Å². The molecule has 2 rings (SSSR count). The molecule has 0 saturated heterocycles. The lowest BCUT2D eigenvalue weighted by molar-refractivity contribution is 0.386. The minimum absolute atomic E-state index is 0.174. The minimum atomic E-state index is -4.42. The molecule has 0 atom stereocenters. The number of imidazole rings is 1. The molecule has 8 heteroatoms. The molecular formula is C8H9N4O3P. The summed E-state index contributed by atoms with van der Waals surface area (Å²) in [5.41, 5.74) is 0.0816. The van der Waals surface area contributed by atoms with Gasteiger partial charge in [0.05, 0.1) is 0 Å². The lowest BCUT2D eigenvalue weighted by Gasteiger charge is -2.01. The van der Waals surface area contributed by atoms with Crippen LogP contribution in [0.5, 0.6) is 0 Å². The van der Waals surface area contributed by atoms with E-state index in [1.165, 1.54) is 0 Å². The van der Waals surface area contributed by atoms with Crippen LogP contribution in [0.3, 0.4) is 0 Å². The highest BCUT2D eigenvalue weighted by Crippen LogP contribution is 2.34. The normalized spacial score (nSPS) is 11.9. The van der Waals surface area contributed by atoms with E-state index >= 15 is 0 Å². The Morgan fingerprint density at radius 3 is 2.88 bits per heavy atom. The Labute approximate surface area is 90.4 Å². The van der Waals surface area contributed by atoms with Gasteiger partial charge in [0.15, 0.2) is 11.1 Å². The largest absolute Gasteiger partial charge is 0.376 e. The van der Waals surface area contributed by atoms with E-state index in [0.717, 1.165) is 6.33 Å². The van der Waals surface area contributed by atoms with Crippen molar-refractivity contribution in [1.82, 2.24) is 19.9 Å². The lowest BCUT2D eigenvalue weighted by atomic mass is 10.4. The topological polar surface area (TPSA) is 112 Å². The molecule has 0 amide bonds. The van der Waals surface area contributed by atoms with Gasteiger partial charge in [-0.1, -0.05) is 6.08 Å². The molecule has 0 aromatic carbocycles. The summed E-state index contributed by atoms with van der Waals surface area (Å²) >= 11 is 0. The van der Waals surface area contributed by atoms with E-state index in [9.17, 15) is 4.57 Å². The first-order valence-corrected chi connectivity index (χ1v) is 6.00. The Morgan fingerprint density at radius 1 is 1.50 bits per heavy atom. The molecule has 3 N–H and O–H groups in total. The summed E-state index contributed by atoms with van der Waals surface area (Å²) in [5, 5.41) is 0. The van der Waals surface area contributed by atoms with Crippen LogP contribution in [-0.4, -0.2) is 29.7 Å². The van der Waals surface area contributed by atoms with Crippen molar-refractivity contribution in [3.63, 3.8) is 0 Å². The van der Waals surface area contributed by atoms with Crippen LogP contribution in [0.4, 0.5) is 0 Å². The number of fused-ring (bicyclic) bond motifs is 1. The number of nitrogens with one attached hydrogen (secondary N) is 1. The highest BCUT2D eigenvalue weighted by atomic mass is 31.2. The van der Waals surface area contributed by atoms with Crippen LogP contribution in [0.1, 0.15) is 5.82 Å².